The molecule has 14 aromatic carbocycles. The molecule has 0 saturated carbocycles. The summed E-state index contributed by atoms with van der Waals surface area (Å²) < 4.78 is 14.2. The normalized spacial score (nSPS) is 12.6. The number of fused-ring (bicyclic) bond motifs is 13. The van der Waals surface area contributed by atoms with E-state index in [4.69, 9.17) is 8.83 Å². The number of hydrogen-bond acceptors (Lipinski definition) is 4. The molecule has 0 bridgehead atoms. The van der Waals surface area contributed by atoms with Crippen LogP contribution in [0.15, 0.2) is 324 Å². The fraction of sp³-hybridized carbons (Fsp3) is 0.0123. The first-order chi connectivity index (χ1) is 42.2. The molecule has 0 unspecified atom stereocenters. The van der Waals surface area contributed by atoms with Crippen molar-refractivity contribution in [3.05, 3.63) is 338 Å². The van der Waals surface area contributed by atoms with Crippen LogP contribution in [0, 0.1) is 0 Å². The Kier molecular flexibility index (Phi) is 11.1. The molecule has 0 amide bonds. The van der Waals surface area contributed by atoms with Crippen LogP contribution in [0.2, 0.25) is 0 Å². The second-order valence-electron chi connectivity index (χ2n) is 22.2. The van der Waals surface area contributed by atoms with Crippen LogP contribution in [-0.2, 0) is 5.41 Å². The number of rotatable bonds is 10. The quantitative estimate of drug-likeness (QED) is 0.137. The molecule has 0 atom stereocenters. The highest BCUT2D eigenvalue weighted by Crippen LogP contribution is 2.61. The smallest absolute Gasteiger partial charge is 0.159 e. The summed E-state index contributed by atoms with van der Waals surface area (Å²) in [6.45, 7) is 0. The first kappa shape index (κ1) is 48.5. The van der Waals surface area contributed by atoms with Gasteiger partial charge in [-0.15, -0.1) is 0 Å². The maximum absolute atomic E-state index is 7.10. The van der Waals surface area contributed by atoms with E-state index in [1.54, 1.807) is 0 Å². The van der Waals surface area contributed by atoms with Gasteiger partial charge in [-0.1, -0.05) is 255 Å². The molecule has 0 saturated heterocycles. The van der Waals surface area contributed by atoms with E-state index in [1.807, 2.05) is 0 Å². The Morgan fingerprint density at radius 2 is 0.588 bits per heavy atom. The number of nitrogens with zero attached hydrogens (tertiary/aromatic N) is 2. The summed E-state index contributed by atoms with van der Waals surface area (Å²) in [4.78, 5) is 4.72. The Balaban J connectivity index is 0.862. The van der Waals surface area contributed by atoms with E-state index in [2.05, 4.69) is 325 Å². The van der Waals surface area contributed by atoms with E-state index in [9.17, 15) is 0 Å². The summed E-state index contributed by atoms with van der Waals surface area (Å²) in [6, 6.07) is 114. The van der Waals surface area contributed by atoms with Crippen LogP contribution >= 0.6 is 0 Å². The van der Waals surface area contributed by atoms with Gasteiger partial charge in [-0.25, -0.2) is 0 Å². The Labute approximate surface area is 492 Å². The maximum Gasteiger partial charge on any atom is 0.159 e. The van der Waals surface area contributed by atoms with Crippen molar-refractivity contribution >= 4 is 99.5 Å². The molecule has 2 heterocycles. The lowest BCUT2D eigenvalue weighted by Gasteiger charge is -2.35. The highest BCUT2D eigenvalue weighted by Gasteiger charge is 2.48. The van der Waals surface area contributed by atoms with Gasteiger partial charge in [0.25, 0.3) is 0 Å². The predicted octanol–water partition coefficient (Wildman–Crippen LogP) is 22.4. The lowest BCUT2D eigenvalue weighted by molar-refractivity contribution is 0.670. The van der Waals surface area contributed by atoms with E-state index >= 15 is 0 Å². The van der Waals surface area contributed by atoms with E-state index < -0.39 is 5.41 Å². The SMILES string of the molecule is c1ccc(-c2cccc3c2oc2c(N(c4ccccc4)c4ccc5c6c(ccc5c4)-c4ccc5cc(N(c7ccccc7)c7cccc8c7oc7c(-c9ccccc9)cccc78)ccc5c4C6(c4ccccc4)c4ccccc4)cccc23)cc1. The van der Waals surface area contributed by atoms with Crippen LogP contribution in [0.25, 0.3) is 98.8 Å². The van der Waals surface area contributed by atoms with Crippen LogP contribution in [0.1, 0.15) is 22.3 Å². The molecule has 4 nitrogen and oxygen atoms in total. The predicted molar refractivity (Wildman–Crippen MR) is 354 cm³/mol. The molecule has 2 aromatic heterocycles. The second-order valence-corrected chi connectivity index (χ2v) is 22.2. The van der Waals surface area contributed by atoms with Gasteiger partial charge in [0.05, 0.1) is 16.8 Å². The summed E-state index contributed by atoms with van der Waals surface area (Å²) >= 11 is 0. The Morgan fingerprint density at radius 1 is 0.235 bits per heavy atom. The monoisotopic (exact) mass is 1080 g/mol. The molecule has 0 fully saturated rings. The molecule has 0 spiro atoms. The summed E-state index contributed by atoms with van der Waals surface area (Å²) in [6.07, 6.45) is 0. The highest BCUT2D eigenvalue weighted by molar-refractivity contribution is 6.16. The number of furan rings is 2. The highest BCUT2D eigenvalue weighted by atomic mass is 16.3. The minimum absolute atomic E-state index is 0.708. The summed E-state index contributed by atoms with van der Waals surface area (Å²) in [7, 11) is 0. The zero-order valence-electron chi connectivity index (χ0n) is 46.2. The lowest BCUT2D eigenvalue weighted by atomic mass is 9.66. The molecule has 85 heavy (non-hydrogen) atoms. The molecular weight excluding hydrogens is 1030 g/mol. The first-order valence-electron chi connectivity index (χ1n) is 29.1. The van der Waals surface area contributed by atoms with Crippen molar-refractivity contribution in [3.8, 4) is 33.4 Å². The van der Waals surface area contributed by atoms with E-state index in [1.165, 1.54) is 44.2 Å². The van der Waals surface area contributed by atoms with Gasteiger partial charge in [0.2, 0.25) is 0 Å². The Hall–Kier alpha value is -11.2. The van der Waals surface area contributed by atoms with Crippen LogP contribution in [0.4, 0.5) is 34.1 Å². The molecule has 398 valence electrons. The van der Waals surface area contributed by atoms with Gasteiger partial charge < -0.3 is 18.6 Å². The molecule has 0 aliphatic heterocycles. The van der Waals surface area contributed by atoms with Gasteiger partial charge in [-0.3, -0.25) is 0 Å². The van der Waals surface area contributed by atoms with E-state index in [0.29, 0.717) is 0 Å². The number of anilines is 6. The van der Waals surface area contributed by atoms with Gasteiger partial charge in [0.1, 0.15) is 11.2 Å². The lowest BCUT2D eigenvalue weighted by Crippen LogP contribution is -2.29. The van der Waals surface area contributed by atoms with Crippen molar-refractivity contribution in [1.29, 1.82) is 0 Å². The molecule has 1 aliphatic carbocycles. The molecule has 16 aromatic rings. The molecule has 17 rings (SSSR count). The van der Waals surface area contributed by atoms with Gasteiger partial charge in [-0.2, -0.15) is 0 Å². The molecule has 1 aliphatic rings. The molecule has 4 heteroatoms. The van der Waals surface area contributed by atoms with Crippen LogP contribution in [0.3, 0.4) is 0 Å². The standard InChI is InChI=1S/C81H52N2O2/c1-7-23-53(24-8-1)65-35-19-37-69-71-39-21-41-73(79(71)84-77(65)69)82(59-31-15-5-16-32-59)61-45-49-63-55(51-61)43-47-67-68-48-44-56-52-62(46-50-64(56)76(68)81(75(63)67,57-27-11-3-12-28-57)58-29-13-4-14-30-58)83(60-33-17-6-18-34-60)74-42-22-40-72-70-38-20-36-66(78(70)85-80(72)74)54-25-9-2-10-26-54/h1-52H. The molecule has 0 radical (unpaired) electrons. The van der Waals surface area contributed by atoms with Crippen molar-refractivity contribution < 1.29 is 8.83 Å². The minimum atomic E-state index is -0.708. The van der Waals surface area contributed by atoms with Crippen molar-refractivity contribution in [3.63, 3.8) is 0 Å². The summed E-state index contributed by atoms with van der Waals surface area (Å²) in [5.41, 5.74) is 20.6. The van der Waals surface area contributed by atoms with Crippen molar-refractivity contribution in [2.45, 2.75) is 5.41 Å². The average molecular weight is 1090 g/mol. The fourth-order valence-electron chi connectivity index (χ4n) is 14.1. The fourth-order valence-corrected chi connectivity index (χ4v) is 14.1. The zero-order chi connectivity index (χ0) is 56.0. The third-order valence-electron chi connectivity index (χ3n) is 17.7. The van der Waals surface area contributed by atoms with Crippen LogP contribution in [-0.4, -0.2) is 0 Å². The average Bonchev–Trinajstić information content (AvgIpc) is 1.63. The number of para-hydroxylation sites is 6. The second kappa shape index (κ2) is 19.5. The Bertz CT molecular complexity index is 4900. The molecule has 0 N–H and O–H groups in total. The summed E-state index contributed by atoms with van der Waals surface area (Å²) in [5, 5.41) is 9.01. The third-order valence-corrected chi connectivity index (χ3v) is 17.7. The van der Waals surface area contributed by atoms with Crippen LogP contribution < -0.4 is 9.80 Å². The summed E-state index contributed by atoms with van der Waals surface area (Å²) in [5.74, 6) is 0. The van der Waals surface area contributed by atoms with Crippen molar-refractivity contribution in [2.24, 2.45) is 0 Å². The zero-order valence-corrected chi connectivity index (χ0v) is 46.2. The first-order valence-corrected chi connectivity index (χ1v) is 29.1. The van der Waals surface area contributed by atoms with Crippen molar-refractivity contribution in [1.82, 2.24) is 0 Å². The maximum atomic E-state index is 7.10. The minimum Gasteiger partial charge on any atom is -0.453 e. The largest absolute Gasteiger partial charge is 0.453 e. The third kappa shape index (κ3) is 7.49. The van der Waals surface area contributed by atoms with Gasteiger partial charge >= 0.3 is 0 Å². The number of hydrogen-bond donors (Lipinski definition) is 0. The van der Waals surface area contributed by atoms with Crippen LogP contribution in [0.5, 0.6) is 0 Å². The van der Waals surface area contributed by atoms with Crippen molar-refractivity contribution in [2.75, 3.05) is 9.80 Å². The van der Waals surface area contributed by atoms with E-state index in [-0.39, 0.29) is 0 Å². The van der Waals surface area contributed by atoms with Gasteiger partial charge in [0.15, 0.2) is 11.2 Å². The van der Waals surface area contributed by atoms with Gasteiger partial charge in [0, 0.05) is 55.4 Å². The van der Waals surface area contributed by atoms with E-state index in [0.717, 1.165) is 111 Å². The topological polar surface area (TPSA) is 32.8 Å². The molecular formula is C81H52N2O2. The Morgan fingerprint density at radius 3 is 0.988 bits per heavy atom. The number of benzene rings is 14. The van der Waals surface area contributed by atoms with Gasteiger partial charge in [-0.05, 0) is 127 Å².